The molecule has 3 atom stereocenters. The minimum Gasteiger partial charge on any atom is -0.493 e. The van der Waals surface area contributed by atoms with E-state index in [-0.39, 0.29) is 11.2 Å². The lowest BCUT2D eigenvalue weighted by Crippen LogP contribution is -2.26. The van der Waals surface area contributed by atoms with Crippen LogP contribution in [-0.4, -0.2) is 28.4 Å². The van der Waals surface area contributed by atoms with E-state index in [1.807, 2.05) is 25.1 Å². The van der Waals surface area contributed by atoms with Gasteiger partial charge in [0.15, 0.2) is 0 Å². The fraction of sp³-hybridized carbons (Fsp3) is 0.500. The Hall–Kier alpha value is -0.870. The molecule has 1 aromatic rings. The van der Waals surface area contributed by atoms with E-state index in [9.17, 15) is 4.21 Å². The van der Waals surface area contributed by atoms with Crippen molar-refractivity contribution in [3.05, 3.63) is 29.8 Å². The molecule has 0 fully saturated rings. The SMILES string of the molecule is CC(CN)S(=O)CC1COc2ccccc21. The minimum atomic E-state index is -0.867. The fourth-order valence-electron chi connectivity index (χ4n) is 1.84. The average molecular weight is 239 g/mol. The Kier molecular flexibility index (Phi) is 3.61. The topological polar surface area (TPSA) is 52.3 Å². The molecule has 2 N–H and O–H groups in total. The molecule has 1 heterocycles. The number of ether oxygens (including phenoxy) is 1. The number of hydrogen-bond donors (Lipinski definition) is 1. The summed E-state index contributed by atoms with van der Waals surface area (Å²) in [5.74, 6) is 1.84. The van der Waals surface area contributed by atoms with Gasteiger partial charge >= 0.3 is 0 Å². The van der Waals surface area contributed by atoms with E-state index < -0.39 is 10.8 Å². The normalized spacial score (nSPS) is 22.2. The van der Waals surface area contributed by atoms with Crippen LogP contribution in [-0.2, 0) is 10.8 Å². The second-order valence-corrected chi connectivity index (χ2v) is 6.04. The van der Waals surface area contributed by atoms with E-state index in [2.05, 4.69) is 6.07 Å². The Morgan fingerprint density at radius 3 is 3.06 bits per heavy atom. The minimum absolute atomic E-state index is 0.0627. The molecule has 2 rings (SSSR count). The summed E-state index contributed by atoms with van der Waals surface area (Å²) in [7, 11) is -0.867. The second-order valence-electron chi connectivity index (χ2n) is 4.14. The maximum atomic E-state index is 11.9. The standard InChI is InChI=1S/C12H17NO2S/c1-9(6-13)16(14)8-10-7-15-12-5-3-2-4-11(10)12/h2-5,9-10H,6-8,13H2,1H3. The van der Waals surface area contributed by atoms with Gasteiger partial charge in [0.25, 0.3) is 0 Å². The third kappa shape index (κ3) is 2.28. The van der Waals surface area contributed by atoms with Gasteiger partial charge < -0.3 is 10.5 Å². The van der Waals surface area contributed by atoms with Crippen molar-refractivity contribution in [2.75, 3.05) is 18.9 Å². The summed E-state index contributed by atoms with van der Waals surface area (Å²) < 4.78 is 17.5. The quantitative estimate of drug-likeness (QED) is 0.860. The lowest BCUT2D eigenvalue weighted by molar-refractivity contribution is 0.338. The van der Waals surface area contributed by atoms with Crippen LogP contribution in [0.4, 0.5) is 0 Å². The molecule has 88 valence electrons. The van der Waals surface area contributed by atoms with Crippen LogP contribution in [0.3, 0.4) is 0 Å². The van der Waals surface area contributed by atoms with Gasteiger partial charge in [0.2, 0.25) is 0 Å². The molecule has 0 saturated heterocycles. The zero-order chi connectivity index (χ0) is 11.5. The summed E-state index contributed by atoms with van der Waals surface area (Å²) >= 11 is 0. The molecule has 1 aromatic carbocycles. The predicted octanol–water partition coefficient (Wildman–Crippen LogP) is 1.26. The van der Waals surface area contributed by atoms with Gasteiger partial charge in [-0.05, 0) is 13.0 Å². The molecule has 1 aliphatic rings. The van der Waals surface area contributed by atoms with Gasteiger partial charge in [-0.3, -0.25) is 4.21 Å². The molecular formula is C12H17NO2S. The molecule has 0 spiro atoms. The van der Waals surface area contributed by atoms with E-state index in [0.29, 0.717) is 18.9 Å². The Labute approximate surface area is 98.4 Å². The van der Waals surface area contributed by atoms with Crippen molar-refractivity contribution in [2.24, 2.45) is 5.73 Å². The summed E-state index contributed by atoms with van der Waals surface area (Å²) in [5, 5.41) is 0.0627. The third-order valence-corrected chi connectivity index (χ3v) is 4.77. The molecule has 3 nitrogen and oxygen atoms in total. The number of rotatable bonds is 4. The molecular weight excluding hydrogens is 222 g/mol. The molecule has 3 unspecified atom stereocenters. The highest BCUT2D eigenvalue weighted by atomic mass is 32.2. The molecule has 16 heavy (non-hydrogen) atoms. The van der Waals surface area contributed by atoms with Gasteiger partial charge in [-0.15, -0.1) is 0 Å². The van der Waals surface area contributed by atoms with Crippen molar-refractivity contribution in [1.82, 2.24) is 0 Å². The smallest absolute Gasteiger partial charge is 0.122 e. The van der Waals surface area contributed by atoms with E-state index in [1.165, 1.54) is 5.56 Å². The zero-order valence-electron chi connectivity index (χ0n) is 9.39. The molecule has 0 saturated carbocycles. The van der Waals surface area contributed by atoms with Crippen LogP contribution in [0.1, 0.15) is 18.4 Å². The Morgan fingerprint density at radius 1 is 1.56 bits per heavy atom. The molecule has 0 aliphatic carbocycles. The van der Waals surface area contributed by atoms with Crippen molar-refractivity contribution in [3.8, 4) is 5.75 Å². The van der Waals surface area contributed by atoms with Crippen molar-refractivity contribution in [1.29, 1.82) is 0 Å². The maximum Gasteiger partial charge on any atom is 0.122 e. The first-order valence-corrected chi connectivity index (χ1v) is 6.89. The maximum absolute atomic E-state index is 11.9. The Morgan fingerprint density at radius 2 is 2.31 bits per heavy atom. The van der Waals surface area contributed by atoms with Crippen molar-refractivity contribution >= 4 is 10.8 Å². The van der Waals surface area contributed by atoms with E-state index in [1.54, 1.807) is 0 Å². The van der Waals surface area contributed by atoms with Crippen LogP contribution < -0.4 is 10.5 Å². The summed E-state index contributed by atoms with van der Waals surface area (Å²) in [4.78, 5) is 0. The van der Waals surface area contributed by atoms with Gasteiger partial charge in [-0.25, -0.2) is 0 Å². The fourth-order valence-corrected chi connectivity index (χ4v) is 3.05. The highest BCUT2D eigenvalue weighted by Gasteiger charge is 2.26. The highest BCUT2D eigenvalue weighted by Crippen LogP contribution is 2.34. The van der Waals surface area contributed by atoms with Gasteiger partial charge in [0.05, 0.1) is 6.61 Å². The van der Waals surface area contributed by atoms with E-state index >= 15 is 0 Å². The molecule has 4 heteroatoms. The van der Waals surface area contributed by atoms with Crippen LogP contribution >= 0.6 is 0 Å². The van der Waals surface area contributed by atoms with Gasteiger partial charge in [0, 0.05) is 39.8 Å². The number of nitrogens with two attached hydrogens (primary N) is 1. The molecule has 0 aromatic heterocycles. The Bertz CT molecular complexity index is 394. The number of para-hydroxylation sites is 1. The lowest BCUT2D eigenvalue weighted by Gasteiger charge is -2.12. The number of hydrogen-bond acceptors (Lipinski definition) is 3. The van der Waals surface area contributed by atoms with Crippen LogP contribution in [0, 0.1) is 0 Å². The second kappa shape index (κ2) is 4.97. The Balaban J connectivity index is 2.06. The van der Waals surface area contributed by atoms with Crippen LogP contribution in [0.2, 0.25) is 0 Å². The number of fused-ring (bicyclic) bond motifs is 1. The first-order valence-electron chi connectivity index (χ1n) is 5.51. The highest BCUT2D eigenvalue weighted by molar-refractivity contribution is 7.85. The van der Waals surface area contributed by atoms with Gasteiger partial charge in [-0.1, -0.05) is 18.2 Å². The first kappa shape index (κ1) is 11.6. The zero-order valence-corrected chi connectivity index (χ0v) is 10.2. The molecule has 0 radical (unpaired) electrons. The van der Waals surface area contributed by atoms with Gasteiger partial charge in [0.1, 0.15) is 5.75 Å². The first-order chi connectivity index (χ1) is 7.72. The van der Waals surface area contributed by atoms with Crippen LogP contribution in [0.15, 0.2) is 24.3 Å². The average Bonchev–Trinajstić information content (AvgIpc) is 2.72. The van der Waals surface area contributed by atoms with Crippen molar-refractivity contribution < 1.29 is 8.95 Å². The number of benzene rings is 1. The third-order valence-electron chi connectivity index (χ3n) is 2.95. The van der Waals surface area contributed by atoms with Crippen molar-refractivity contribution in [2.45, 2.75) is 18.1 Å². The largest absolute Gasteiger partial charge is 0.493 e. The van der Waals surface area contributed by atoms with Crippen LogP contribution in [0.5, 0.6) is 5.75 Å². The van der Waals surface area contributed by atoms with Crippen molar-refractivity contribution in [3.63, 3.8) is 0 Å². The van der Waals surface area contributed by atoms with Gasteiger partial charge in [-0.2, -0.15) is 0 Å². The van der Waals surface area contributed by atoms with Crippen LogP contribution in [0.25, 0.3) is 0 Å². The summed E-state index contributed by atoms with van der Waals surface area (Å²) in [6.07, 6.45) is 0. The molecule has 0 amide bonds. The predicted molar refractivity (Wildman–Crippen MR) is 66.2 cm³/mol. The van der Waals surface area contributed by atoms with E-state index in [0.717, 1.165) is 5.75 Å². The lowest BCUT2D eigenvalue weighted by atomic mass is 10.0. The molecule has 0 bridgehead atoms. The summed E-state index contributed by atoms with van der Waals surface area (Å²) in [5.41, 5.74) is 6.70. The molecule has 1 aliphatic heterocycles. The summed E-state index contributed by atoms with van der Waals surface area (Å²) in [6, 6.07) is 7.97. The summed E-state index contributed by atoms with van der Waals surface area (Å²) in [6.45, 7) is 3.04. The monoisotopic (exact) mass is 239 g/mol. The van der Waals surface area contributed by atoms with E-state index in [4.69, 9.17) is 10.5 Å².